The summed E-state index contributed by atoms with van der Waals surface area (Å²) in [5, 5.41) is 5.17. The molecule has 2 aliphatic heterocycles. The van der Waals surface area contributed by atoms with Crippen LogP contribution in [0.1, 0.15) is 83.1 Å². The SMILES string of the molecule is CC(C)(C)[Si]1(C(C)(C)C)C(/C=C/C2=C([Si](C)(C)C)[Si]2(C(C)(C)C)C(C)(C)C)=C1[Si](C)(C)C. The van der Waals surface area contributed by atoms with Crippen molar-refractivity contribution in [3.8, 4) is 0 Å². The molecule has 0 aliphatic carbocycles. The molecule has 2 aliphatic rings. The third-order valence-corrected chi connectivity index (χ3v) is 32.2. The van der Waals surface area contributed by atoms with Crippen molar-refractivity contribution in [2.24, 2.45) is 0 Å². The first-order valence-electron chi connectivity index (χ1n) is 12.9. The lowest BCUT2D eigenvalue weighted by Gasteiger charge is -2.45. The Morgan fingerprint density at radius 2 is 0.625 bits per heavy atom. The predicted molar refractivity (Wildman–Crippen MR) is 160 cm³/mol. The van der Waals surface area contributed by atoms with Gasteiger partial charge in [0.15, 0.2) is 0 Å². The average Bonchev–Trinajstić information content (AvgIpc) is 3.29. The molecule has 0 aromatic carbocycles. The van der Waals surface area contributed by atoms with Gasteiger partial charge in [-0.05, 0) is 20.2 Å². The van der Waals surface area contributed by atoms with E-state index in [0.717, 1.165) is 0 Å². The molecular formula is C28H56Si4. The molecule has 0 saturated heterocycles. The topological polar surface area (TPSA) is 0 Å². The van der Waals surface area contributed by atoms with Crippen molar-refractivity contribution in [1.29, 1.82) is 0 Å². The van der Waals surface area contributed by atoms with E-state index in [1.54, 1.807) is 0 Å². The van der Waals surface area contributed by atoms with Crippen molar-refractivity contribution in [2.75, 3.05) is 0 Å². The second-order valence-electron chi connectivity index (χ2n) is 16.9. The van der Waals surface area contributed by atoms with Crippen LogP contribution < -0.4 is 0 Å². The summed E-state index contributed by atoms with van der Waals surface area (Å²) in [6.07, 6.45) is 5.38. The highest BCUT2D eigenvalue weighted by molar-refractivity contribution is 7.22. The van der Waals surface area contributed by atoms with Crippen molar-refractivity contribution < 1.29 is 0 Å². The van der Waals surface area contributed by atoms with Gasteiger partial charge >= 0.3 is 0 Å². The van der Waals surface area contributed by atoms with Crippen molar-refractivity contribution in [3.63, 3.8) is 0 Å². The van der Waals surface area contributed by atoms with Crippen molar-refractivity contribution in [1.82, 2.24) is 0 Å². The van der Waals surface area contributed by atoms with Crippen LogP contribution in [0, 0.1) is 0 Å². The van der Waals surface area contributed by atoms with Gasteiger partial charge in [-0.25, -0.2) is 0 Å². The minimum absolute atomic E-state index is 0.378. The fourth-order valence-electron chi connectivity index (χ4n) is 8.48. The Hall–Kier alpha value is 0.0875. The Morgan fingerprint density at radius 3 is 0.719 bits per heavy atom. The molecule has 0 atom stereocenters. The van der Waals surface area contributed by atoms with Gasteiger partial charge in [-0.15, -0.1) is 0 Å². The normalized spacial score (nSPS) is 22.2. The largest absolute Gasteiger partial charge is 0.119 e. The predicted octanol–water partition coefficient (Wildman–Crippen LogP) is 10.2. The lowest BCUT2D eigenvalue weighted by atomic mass is 10.2. The highest BCUT2D eigenvalue weighted by atomic mass is 28.4. The molecule has 184 valence electrons. The maximum atomic E-state index is 2.69. The van der Waals surface area contributed by atoms with Crippen molar-refractivity contribution >= 4 is 32.3 Å². The van der Waals surface area contributed by atoms with E-state index in [2.05, 4.69) is 135 Å². The Labute approximate surface area is 206 Å². The van der Waals surface area contributed by atoms with E-state index in [4.69, 9.17) is 0 Å². The van der Waals surface area contributed by atoms with Gasteiger partial charge in [0, 0.05) is 0 Å². The van der Waals surface area contributed by atoms with E-state index in [0.29, 0.717) is 20.2 Å². The first-order valence-corrected chi connectivity index (χ1v) is 23.9. The zero-order valence-electron chi connectivity index (χ0n) is 25.2. The van der Waals surface area contributed by atoms with Crippen LogP contribution in [0.3, 0.4) is 0 Å². The van der Waals surface area contributed by atoms with Crippen LogP contribution in [-0.4, -0.2) is 32.3 Å². The van der Waals surface area contributed by atoms with Crippen molar-refractivity contribution in [3.05, 3.63) is 32.2 Å². The van der Waals surface area contributed by atoms with Crippen LogP contribution in [0.2, 0.25) is 59.4 Å². The fourth-order valence-corrected chi connectivity index (χ4v) is 41.1. The summed E-state index contributed by atoms with van der Waals surface area (Å²) in [6, 6.07) is 0. The van der Waals surface area contributed by atoms with E-state index in [1.165, 1.54) is 0 Å². The van der Waals surface area contributed by atoms with E-state index >= 15 is 0 Å². The summed E-state index contributed by atoms with van der Waals surface area (Å²) in [4.78, 5) is 3.94. The van der Waals surface area contributed by atoms with E-state index in [1.807, 2.05) is 20.0 Å². The molecule has 0 saturated carbocycles. The Bertz CT molecular complexity index is 769. The second kappa shape index (κ2) is 7.30. The van der Waals surface area contributed by atoms with Gasteiger partial charge in [0.1, 0.15) is 16.1 Å². The Balaban J connectivity index is 2.73. The van der Waals surface area contributed by atoms with Crippen molar-refractivity contribution in [2.45, 2.75) is 143 Å². The summed E-state index contributed by atoms with van der Waals surface area (Å²) in [5.74, 6) is 0. The van der Waals surface area contributed by atoms with E-state index in [-0.39, 0.29) is 0 Å². The van der Waals surface area contributed by atoms with Crippen LogP contribution in [-0.2, 0) is 0 Å². The molecule has 2 heterocycles. The number of hydrogen-bond donors (Lipinski definition) is 0. The zero-order chi connectivity index (χ0) is 25.7. The summed E-state index contributed by atoms with van der Waals surface area (Å²) < 4.78 is 0. The molecule has 32 heavy (non-hydrogen) atoms. The average molecular weight is 505 g/mol. The van der Waals surface area contributed by atoms with Gasteiger partial charge in [0.2, 0.25) is 0 Å². The maximum absolute atomic E-state index is 2.69. The minimum Gasteiger partial charge on any atom is -0.0856 e. The monoisotopic (exact) mass is 504 g/mol. The highest BCUT2D eigenvalue weighted by Crippen LogP contribution is 2.72. The number of hydrogen-bond acceptors (Lipinski definition) is 0. The molecule has 0 nitrogen and oxygen atoms in total. The van der Waals surface area contributed by atoms with Gasteiger partial charge in [-0.3, -0.25) is 0 Å². The van der Waals surface area contributed by atoms with Crippen LogP contribution in [0.25, 0.3) is 0 Å². The molecule has 0 radical (unpaired) electrons. The van der Waals surface area contributed by atoms with Crippen LogP contribution >= 0.6 is 0 Å². The molecule has 0 unspecified atom stereocenters. The third kappa shape index (κ3) is 3.87. The van der Waals surface area contributed by atoms with E-state index in [9.17, 15) is 0 Å². The van der Waals surface area contributed by atoms with E-state index < -0.39 is 32.3 Å². The molecule has 0 N–H and O–H groups in total. The van der Waals surface area contributed by atoms with Gasteiger partial charge in [0.25, 0.3) is 0 Å². The summed E-state index contributed by atoms with van der Waals surface area (Å²) in [6.45, 7) is 46.0. The fraction of sp³-hybridized carbons (Fsp3) is 0.786. The Morgan fingerprint density at radius 1 is 0.438 bits per heavy atom. The maximum Gasteiger partial charge on any atom is 0.119 e. The standard InChI is InChI=1S/C28H56Si4/c1-25(2,3)31(26(4,5)6)21(23(31)29(13,14)15)19-20-22-24(30(16,17)18)32(22,27(7,8)9)28(10,11)12/h19-20H,1-18H3/b20-19+. The lowest BCUT2D eigenvalue weighted by molar-refractivity contribution is 0.640. The molecule has 0 aromatic rings. The molecule has 4 heteroatoms. The molecule has 0 bridgehead atoms. The highest BCUT2D eigenvalue weighted by Gasteiger charge is 2.71. The van der Waals surface area contributed by atoms with Crippen LogP contribution in [0.15, 0.2) is 32.2 Å². The summed E-state index contributed by atoms with van der Waals surface area (Å²) in [5.41, 5.74) is 0. The zero-order valence-corrected chi connectivity index (χ0v) is 29.2. The molecular weight excluding hydrogens is 449 g/mol. The first-order chi connectivity index (χ1) is 13.7. The van der Waals surface area contributed by atoms with Gasteiger partial charge < -0.3 is 0 Å². The quantitative estimate of drug-likeness (QED) is 0.334. The summed E-state index contributed by atoms with van der Waals surface area (Å²) in [7, 11) is -6.09. The minimum atomic E-state index is -1.68. The van der Waals surface area contributed by atoms with Gasteiger partial charge in [0.05, 0.1) is 16.1 Å². The second-order valence-corrected chi connectivity index (χ2v) is 39.0. The molecule has 0 aromatic heterocycles. The number of allylic oxidation sites excluding steroid dienone is 4. The molecule has 0 amide bonds. The lowest BCUT2D eigenvalue weighted by Crippen LogP contribution is -2.47. The molecule has 0 spiro atoms. The molecule has 2 rings (SSSR count). The number of rotatable bonds is 4. The van der Waals surface area contributed by atoms with Crippen LogP contribution in [0.4, 0.5) is 0 Å². The van der Waals surface area contributed by atoms with Crippen LogP contribution in [0.5, 0.6) is 0 Å². The van der Waals surface area contributed by atoms with Gasteiger partial charge in [-0.1, -0.05) is 155 Å². The smallest absolute Gasteiger partial charge is 0.0856 e. The Kier molecular flexibility index (Phi) is 6.46. The molecule has 0 fully saturated rings. The third-order valence-electron chi connectivity index (χ3n) is 8.39. The summed E-state index contributed by atoms with van der Waals surface area (Å²) >= 11 is 0. The first kappa shape index (κ1) is 28.3. The van der Waals surface area contributed by atoms with Gasteiger partial charge in [-0.2, -0.15) is 0 Å².